The Labute approximate surface area is 177 Å². The molecular weight excluding hydrogens is 406 g/mol. The number of aromatic nitrogens is 2. The van der Waals surface area contributed by atoms with E-state index in [2.05, 4.69) is 5.32 Å². The van der Waals surface area contributed by atoms with Crippen molar-refractivity contribution in [3.63, 3.8) is 0 Å². The lowest BCUT2D eigenvalue weighted by Crippen LogP contribution is -2.33. The first-order valence-corrected chi connectivity index (χ1v) is 11.4. The van der Waals surface area contributed by atoms with Crippen LogP contribution in [0.1, 0.15) is 23.3 Å². The van der Waals surface area contributed by atoms with Crippen molar-refractivity contribution in [2.24, 2.45) is 0 Å². The van der Waals surface area contributed by atoms with Gasteiger partial charge in [0, 0.05) is 18.0 Å². The Balaban J connectivity index is 1.62. The number of benzene rings is 1. The molecule has 1 aliphatic heterocycles. The van der Waals surface area contributed by atoms with E-state index in [1.807, 2.05) is 44.2 Å². The van der Waals surface area contributed by atoms with E-state index in [0.29, 0.717) is 17.1 Å². The van der Waals surface area contributed by atoms with Crippen LogP contribution in [0.3, 0.4) is 0 Å². The third-order valence-corrected chi connectivity index (χ3v) is 7.11. The second kappa shape index (κ2) is 8.69. The summed E-state index contributed by atoms with van der Waals surface area (Å²) >= 11 is 2.80. The van der Waals surface area contributed by atoms with Crippen molar-refractivity contribution < 1.29 is 9.53 Å². The Morgan fingerprint density at radius 2 is 2.14 bits per heavy atom. The standard InChI is InChI=1S/C21H23N3O3S2/c1-13-14(2)29-19-18(13)20(26)24(15-7-4-3-5-8-15)21(23-19)28-12-17(25)22-11-16-9-6-10-27-16/h3-5,7-8,16H,6,9-12H2,1-2H3,(H,22,25). The molecule has 1 unspecified atom stereocenters. The van der Waals surface area contributed by atoms with E-state index in [-0.39, 0.29) is 23.3 Å². The molecule has 1 N–H and O–H groups in total. The Morgan fingerprint density at radius 3 is 2.86 bits per heavy atom. The number of carbonyl (C=O) groups excluding carboxylic acids is 1. The molecule has 0 saturated carbocycles. The number of ether oxygens (including phenoxy) is 1. The molecule has 1 aliphatic rings. The molecule has 152 valence electrons. The minimum absolute atomic E-state index is 0.0852. The minimum Gasteiger partial charge on any atom is -0.376 e. The number of thiophene rings is 1. The molecule has 1 atom stereocenters. The van der Waals surface area contributed by atoms with Crippen LogP contribution in [0.2, 0.25) is 0 Å². The van der Waals surface area contributed by atoms with Crippen molar-refractivity contribution in [2.75, 3.05) is 18.9 Å². The summed E-state index contributed by atoms with van der Waals surface area (Å²) in [7, 11) is 0. The molecule has 1 fully saturated rings. The fraction of sp³-hybridized carbons (Fsp3) is 0.381. The van der Waals surface area contributed by atoms with Gasteiger partial charge in [-0.3, -0.25) is 14.2 Å². The first kappa shape index (κ1) is 20.1. The third-order valence-electron chi connectivity index (χ3n) is 5.07. The number of nitrogens with zero attached hydrogens (tertiary/aromatic N) is 2. The van der Waals surface area contributed by atoms with Gasteiger partial charge in [-0.15, -0.1) is 11.3 Å². The molecule has 6 nitrogen and oxygen atoms in total. The van der Waals surface area contributed by atoms with Crippen molar-refractivity contribution in [1.29, 1.82) is 0 Å². The van der Waals surface area contributed by atoms with Gasteiger partial charge in [-0.05, 0) is 44.4 Å². The summed E-state index contributed by atoms with van der Waals surface area (Å²) in [5.74, 6) is 0.110. The first-order valence-electron chi connectivity index (χ1n) is 9.64. The van der Waals surface area contributed by atoms with Crippen molar-refractivity contribution in [1.82, 2.24) is 14.9 Å². The molecule has 0 aliphatic carbocycles. The number of hydrogen-bond acceptors (Lipinski definition) is 6. The number of para-hydroxylation sites is 1. The van der Waals surface area contributed by atoms with Crippen LogP contribution in [-0.4, -0.2) is 40.5 Å². The fourth-order valence-corrected chi connectivity index (χ4v) is 5.30. The largest absolute Gasteiger partial charge is 0.376 e. The fourth-order valence-electron chi connectivity index (χ4n) is 3.39. The van der Waals surface area contributed by atoms with Crippen molar-refractivity contribution in [2.45, 2.75) is 37.9 Å². The topological polar surface area (TPSA) is 73.2 Å². The average molecular weight is 430 g/mol. The van der Waals surface area contributed by atoms with Gasteiger partial charge in [-0.25, -0.2) is 4.98 Å². The molecule has 1 amide bonds. The smallest absolute Gasteiger partial charge is 0.267 e. The second-order valence-corrected chi connectivity index (χ2v) is 9.21. The zero-order chi connectivity index (χ0) is 20.4. The minimum atomic E-state index is -0.0923. The molecule has 4 rings (SSSR count). The SMILES string of the molecule is Cc1sc2nc(SCC(=O)NCC3CCCO3)n(-c3ccccc3)c(=O)c2c1C. The lowest BCUT2D eigenvalue weighted by molar-refractivity contribution is -0.119. The van der Waals surface area contributed by atoms with Gasteiger partial charge >= 0.3 is 0 Å². The van der Waals surface area contributed by atoms with Gasteiger partial charge in [0.25, 0.3) is 5.56 Å². The number of nitrogens with one attached hydrogen (secondary N) is 1. The van der Waals surface area contributed by atoms with Gasteiger partial charge in [0.2, 0.25) is 5.91 Å². The molecular formula is C21H23N3O3S2. The lowest BCUT2D eigenvalue weighted by Gasteiger charge is -2.13. The highest BCUT2D eigenvalue weighted by molar-refractivity contribution is 7.99. The van der Waals surface area contributed by atoms with Crippen LogP contribution in [0.25, 0.3) is 15.9 Å². The molecule has 0 spiro atoms. The Hall–Kier alpha value is -2.16. The van der Waals surface area contributed by atoms with Gasteiger partial charge in [0.1, 0.15) is 4.83 Å². The highest BCUT2D eigenvalue weighted by Gasteiger charge is 2.20. The van der Waals surface area contributed by atoms with E-state index in [1.54, 1.807) is 4.57 Å². The third kappa shape index (κ3) is 4.24. The van der Waals surface area contributed by atoms with Gasteiger partial charge < -0.3 is 10.1 Å². The lowest BCUT2D eigenvalue weighted by atomic mass is 10.2. The molecule has 3 aromatic rings. The van der Waals surface area contributed by atoms with E-state index in [4.69, 9.17) is 9.72 Å². The number of aryl methyl sites for hydroxylation is 2. The monoisotopic (exact) mass is 429 g/mol. The van der Waals surface area contributed by atoms with E-state index < -0.39 is 0 Å². The summed E-state index contributed by atoms with van der Waals surface area (Å²) in [5, 5.41) is 4.11. The van der Waals surface area contributed by atoms with Crippen molar-refractivity contribution >= 4 is 39.2 Å². The Kier molecular flexibility index (Phi) is 6.03. The molecule has 8 heteroatoms. The molecule has 0 bridgehead atoms. The number of carbonyl (C=O) groups is 1. The van der Waals surface area contributed by atoms with Crippen LogP contribution in [-0.2, 0) is 9.53 Å². The molecule has 29 heavy (non-hydrogen) atoms. The van der Waals surface area contributed by atoms with Crippen LogP contribution < -0.4 is 10.9 Å². The summed E-state index contributed by atoms with van der Waals surface area (Å²) in [6.45, 7) is 5.25. The van der Waals surface area contributed by atoms with Gasteiger partial charge in [-0.1, -0.05) is 30.0 Å². The number of thioether (sulfide) groups is 1. The first-order chi connectivity index (χ1) is 14.0. The summed E-state index contributed by atoms with van der Waals surface area (Å²) < 4.78 is 7.15. The van der Waals surface area contributed by atoms with Crippen LogP contribution in [0, 0.1) is 13.8 Å². The number of fused-ring (bicyclic) bond motifs is 1. The van der Waals surface area contributed by atoms with Gasteiger partial charge in [-0.2, -0.15) is 0 Å². The molecule has 3 heterocycles. The van der Waals surface area contributed by atoms with E-state index in [9.17, 15) is 9.59 Å². The molecule has 1 aromatic carbocycles. The van der Waals surface area contributed by atoms with Crippen LogP contribution in [0.4, 0.5) is 0 Å². The number of rotatable bonds is 6. The predicted molar refractivity (Wildman–Crippen MR) is 117 cm³/mol. The maximum Gasteiger partial charge on any atom is 0.267 e. The van der Waals surface area contributed by atoms with Crippen LogP contribution >= 0.6 is 23.1 Å². The second-order valence-electron chi connectivity index (χ2n) is 7.06. The highest BCUT2D eigenvalue weighted by Crippen LogP contribution is 2.29. The summed E-state index contributed by atoms with van der Waals surface area (Å²) in [6.07, 6.45) is 2.14. The number of amides is 1. The Bertz CT molecular complexity index is 1090. The van der Waals surface area contributed by atoms with E-state index in [1.165, 1.54) is 23.1 Å². The summed E-state index contributed by atoms with van der Waals surface area (Å²) in [4.78, 5) is 32.2. The predicted octanol–water partition coefficient (Wildman–Crippen LogP) is 3.45. The van der Waals surface area contributed by atoms with Crippen LogP contribution in [0.15, 0.2) is 40.3 Å². The van der Waals surface area contributed by atoms with Crippen molar-refractivity contribution in [3.05, 3.63) is 51.1 Å². The Morgan fingerprint density at radius 1 is 1.34 bits per heavy atom. The van der Waals surface area contributed by atoms with Crippen LogP contribution in [0.5, 0.6) is 0 Å². The number of hydrogen-bond donors (Lipinski definition) is 1. The van der Waals surface area contributed by atoms with Gasteiger partial charge in [0.05, 0.1) is 22.9 Å². The molecule has 2 aromatic heterocycles. The van der Waals surface area contributed by atoms with E-state index in [0.717, 1.165) is 40.4 Å². The quantitative estimate of drug-likeness (QED) is 0.480. The zero-order valence-electron chi connectivity index (χ0n) is 16.4. The maximum absolute atomic E-state index is 13.3. The molecule has 1 saturated heterocycles. The molecule has 0 radical (unpaired) electrons. The normalized spacial score (nSPS) is 16.4. The van der Waals surface area contributed by atoms with Gasteiger partial charge in [0.15, 0.2) is 5.16 Å². The van der Waals surface area contributed by atoms with E-state index >= 15 is 0 Å². The zero-order valence-corrected chi connectivity index (χ0v) is 18.1. The average Bonchev–Trinajstić information content (AvgIpc) is 3.34. The summed E-state index contributed by atoms with van der Waals surface area (Å²) in [5.41, 5.74) is 1.63. The summed E-state index contributed by atoms with van der Waals surface area (Å²) in [6, 6.07) is 9.45. The van der Waals surface area contributed by atoms with Crippen molar-refractivity contribution in [3.8, 4) is 5.69 Å². The highest BCUT2D eigenvalue weighted by atomic mass is 32.2. The maximum atomic E-state index is 13.3.